The second kappa shape index (κ2) is 5.48. The number of halogens is 1. The zero-order chi connectivity index (χ0) is 14.0. The van der Waals surface area contributed by atoms with Crippen molar-refractivity contribution in [2.45, 2.75) is 23.8 Å². The second-order valence-corrected chi connectivity index (χ2v) is 5.70. The largest absolute Gasteiger partial charge is 0.478 e. The van der Waals surface area contributed by atoms with E-state index in [0.717, 1.165) is 31.0 Å². The number of hydrogen-bond acceptors (Lipinski definition) is 3. The van der Waals surface area contributed by atoms with Crippen LogP contribution in [-0.2, 0) is 15.6 Å². The lowest BCUT2D eigenvalue weighted by atomic mass is 10.2. The van der Waals surface area contributed by atoms with Crippen LogP contribution in [0.1, 0.15) is 23.2 Å². The molecule has 0 heterocycles. The van der Waals surface area contributed by atoms with Gasteiger partial charge in [0.15, 0.2) is 0 Å². The van der Waals surface area contributed by atoms with Gasteiger partial charge in [-0.05, 0) is 31.0 Å². The molecule has 0 aliphatic heterocycles. The van der Waals surface area contributed by atoms with E-state index >= 15 is 0 Å². The number of carboxylic acid groups (broad SMARTS) is 1. The number of nitrogens with one attached hydrogen (secondary N) is 1. The van der Waals surface area contributed by atoms with Gasteiger partial charge in [0.05, 0.1) is 21.3 Å². The molecule has 0 aromatic heterocycles. The smallest absolute Gasteiger partial charge is 0.335 e. The minimum Gasteiger partial charge on any atom is -0.478 e. The molecule has 1 aliphatic rings. The molecular weight excluding hydrogens is 273 g/mol. The molecule has 1 amide bonds. The molecule has 1 saturated carbocycles. The van der Waals surface area contributed by atoms with Gasteiger partial charge in [0.1, 0.15) is 11.6 Å². The Balaban J connectivity index is 2.10. The Morgan fingerprint density at radius 2 is 2.11 bits per heavy atom. The Hall–Kier alpha value is -1.76. The van der Waals surface area contributed by atoms with E-state index in [-0.39, 0.29) is 22.3 Å². The highest BCUT2D eigenvalue weighted by molar-refractivity contribution is 7.85. The summed E-state index contributed by atoms with van der Waals surface area (Å²) in [6.07, 6.45) is 1.81. The summed E-state index contributed by atoms with van der Waals surface area (Å²) in [7, 11) is -1.89. The highest BCUT2D eigenvalue weighted by Crippen LogP contribution is 2.19. The summed E-state index contributed by atoms with van der Waals surface area (Å²) in [5.74, 6) is -2.79. The van der Waals surface area contributed by atoms with Gasteiger partial charge in [0.25, 0.3) is 0 Å². The summed E-state index contributed by atoms with van der Waals surface area (Å²) in [5.41, 5.74) is -0.160. The molecule has 0 saturated heterocycles. The van der Waals surface area contributed by atoms with Crippen LogP contribution in [0.4, 0.5) is 4.39 Å². The Labute approximate surface area is 111 Å². The van der Waals surface area contributed by atoms with E-state index in [0.29, 0.717) is 0 Å². The van der Waals surface area contributed by atoms with Gasteiger partial charge in [-0.15, -0.1) is 0 Å². The molecule has 102 valence electrons. The van der Waals surface area contributed by atoms with Crippen molar-refractivity contribution in [3.05, 3.63) is 29.6 Å². The molecule has 19 heavy (non-hydrogen) atoms. The number of aromatic carboxylic acids is 1. The monoisotopic (exact) mass is 285 g/mol. The van der Waals surface area contributed by atoms with Gasteiger partial charge in [0.2, 0.25) is 5.91 Å². The van der Waals surface area contributed by atoms with Crippen LogP contribution < -0.4 is 5.32 Å². The van der Waals surface area contributed by atoms with Crippen molar-refractivity contribution in [2.24, 2.45) is 0 Å². The van der Waals surface area contributed by atoms with Crippen molar-refractivity contribution >= 4 is 22.7 Å². The van der Waals surface area contributed by atoms with E-state index in [2.05, 4.69) is 5.32 Å². The molecule has 1 aromatic rings. The van der Waals surface area contributed by atoms with Crippen molar-refractivity contribution in [3.63, 3.8) is 0 Å². The van der Waals surface area contributed by atoms with Crippen molar-refractivity contribution < 1.29 is 23.3 Å². The fourth-order valence-electron chi connectivity index (χ4n) is 1.50. The van der Waals surface area contributed by atoms with Crippen LogP contribution in [0.15, 0.2) is 23.1 Å². The van der Waals surface area contributed by atoms with Gasteiger partial charge < -0.3 is 10.4 Å². The van der Waals surface area contributed by atoms with Gasteiger partial charge in [0, 0.05) is 6.04 Å². The predicted octanol–water partition coefficient (Wildman–Crippen LogP) is 0.910. The summed E-state index contributed by atoms with van der Waals surface area (Å²) >= 11 is 0. The number of hydrogen-bond donors (Lipinski definition) is 2. The van der Waals surface area contributed by atoms with Crippen LogP contribution in [0.2, 0.25) is 0 Å². The third-order valence-electron chi connectivity index (χ3n) is 2.63. The quantitative estimate of drug-likeness (QED) is 0.842. The number of carbonyl (C=O) groups is 2. The first-order valence-electron chi connectivity index (χ1n) is 5.68. The molecule has 7 heteroatoms. The van der Waals surface area contributed by atoms with Crippen LogP contribution in [-0.4, -0.2) is 33.0 Å². The van der Waals surface area contributed by atoms with Gasteiger partial charge in [-0.25, -0.2) is 9.18 Å². The number of benzene rings is 1. The number of amides is 1. The number of rotatable bonds is 5. The van der Waals surface area contributed by atoms with Crippen LogP contribution in [0.25, 0.3) is 0 Å². The molecule has 5 nitrogen and oxygen atoms in total. The Morgan fingerprint density at radius 1 is 1.42 bits per heavy atom. The van der Waals surface area contributed by atoms with Gasteiger partial charge in [-0.2, -0.15) is 0 Å². The van der Waals surface area contributed by atoms with E-state index in [9.17, 15) is 18.2 Å². The molecule has 1 aliphatic carbocycles. The van der Waals surface area contributed by atoms with Crippen LogP contribution in [0.3, 0.4) is 0 Å². The molecule has 1 atom stereocenters. The number of carbonyl (C=O) groups excluding carboxylic acids is 1. The van der Waals surface area contributed by atoms with Crippen LogP contribution >= 0.6 is 0 Å². The average molecular weight is 285 g/mol. The zero-order valence-corrected chi connectivity index (χ0v) is 10.7. The van der Waals surface area contributed by atoms with Crippen molar-refractivity contribution in [2.75, 3.05) is 5.75 Å². The first kappa shape index (κ1) is 13.7. The van der Waals surface area contributed by atoms with Crippen LogP contribution in [0.5, 0.6) is 0 Å². The summed E-state index contributed by atoms with van der Waals surface area (Å²) in [4.78, 5) is 22.0. The fourth-order valence-corrected chi connectivity index (χ4v) is 2.53. The molecule has 1 unspecified atom stereocenters. The highest BCUT2D eigenvalue weighted by Gasteiger charge is 2.24. The van der Waals surface area contributed by atoms with E-state index in [1.54, 1.807) is 0 Å². The lowest BCUT2D eigenvalue weighted by Gasteiger charge is -2.05. The molecule has 0 spiro atoms. The highest BCUT2D eigenvalue weighted by atomic mass is 32.2. The van der Waals surface area contributed by atoms with Gasteiger partial charge >= 0.3 is 5.97 Å². The first-order chi connectivity index (χ1) is 8.97. The summed E-state index contributed by atoms with van der Waals surface area (Å²) in [6, 6.07) is 3.16. The maximum Gasteiger partial charge on any atom is 0.335 e. The Kier molecular flexibility index (Phi) is 3.94. The molecule has 0 bridgehead atoms. The number of carboxylic acids is 1. The van der Waals surface area contributed by atoms with Crippen molar-refractivity contribution in [1.82, 2.24) is 5.32 Å². The predicted molar refractivity (Wildman–Crippen MR) is 65.8 cm³/mol. The lowest BCUT2D eigenvalue weighted by Crippen LogP contribution is -2.30. The van der Waals surface area contributed by atoms with E-state index in [1.165, 1.54) is 0 Å². The minimum absolute atomic E-state index is 0.139. The molecule has 2 rings (SSSR count). The molecular formula is C12H12FNO4S. The summed E-state index contributed by atoms with van der Waals surface area (Å²) < 4.78 is 25.4. The molecule has 1 aromatic carbocycles. The SMILES string of the molecule is O=C(CS(=O)c1cc(C(=O)O)ccc1F)NC1CC1. The normalized spacial score (nSPS) is 15.8. The fraction of sp³-hybridized carbons (Fsp3) is 0.333. The van der Waals surface area contributed by atoms with Gasteiger partial charge in [-0.1, -0.05) is 0 Å². The van der Waals surface area contributed by atoms with E-state index < -0.39 is 28.5 Å². The summed E-state index contributed by atoms with van der Waals surface area (Å²) in [5, 5.41) is 11.4. The third kappa shape index (κ3) is 3.60. The second-order valence-electron chi connectivity index (χ2n) is 4.28. The van der Waals surface area contributed by atoms with Crippen molar-refractivity contribution in [3.8, 4) is 0 Å². The summed E-state index contributed by atoms with van der Waals surface area (Å²) in [6.45, 7) is 0. The van der Waals surface area contributed by atoms with Gasteiger partial charge in [-0.3, -0.25) is 9.00 Å². The molecule has 1 fully saturated rings. The zero-order valence-electron chi connectivity index (χ0n) is 9.89. The van der Waals surface area contributed by atoms with E-state index in [4.69, 9.17) is 5.11 Å². The van der Waals surface area contributed by atoms with Crippen molar-refractivity contribution in [1.29, 1.82) is 0 Å². The Morgan fingerprint density at radius 3 is 2.68 bits per heavy atom. The first-order valence-corrected chi connectivity index (χ1v) is 7.00. The Bertz CT molecular complexity index is 557. The maximum absolute atomic E-state index is 13.5. The van der Waals surface area contributed by atoms with E-state index in [1.807, 2.05) is 0 Å². The minimum atomic E-state index is -1.89. The third-order valence-corrected chi connectivity index (χ3v) is 3.96. The maximum atomic E-state index is 13.5. The topological polar surface area (TPSA) is 83.5 Å². The molecule has 0 radical (unpaired) electrons. The molecule has 2 N–H and O–H groups in total. The van der Waals surface area contributed by atoms with Crippen LogP contribution in [0, 0.1) is 5.82 Å². The lowest BCUT2D eigenvalue weighted by molar-refractivity contribution is -0.118. The average Bonchev–Trinajstić information content (AvgIpc) is 3.12. The standard InChI is InChI=1S/C12H12FNO4S/c13-9-4-1-7(12(16)17)5-10(9)19(18)6-11(15)14-8-2-3-8/h1,4-5,8H,2-3,6H2,(H,14,15)(H,16,17).